The standard InChI is InChI=1S/C14H19F4NO2/c1-8(2)3-6-12(20)13(19)10-7-9(4-5-11(10)15)21-14(16,17)18/h4-5,7-8,12-13,20H,3,6,19H2,1-2H3/t12-,13+/m1/s1. The van der Waals surface area contributed by atoms with Crippen molar-refractivity contribution in [2.75, 3.05) is 0 Å². The van der Waals surface area contributed by atoms with Crippen LogP contribution in [-0.2, 0) is 0 Å². The summed E-state index contributed by atoms with van der Waals surface area (Å²) in [6, 6.07) is 1.46. The van der Waals surface area contributed by atoms with Crippen LogP contribution in [0.5, 0.6) is 5.75 Å². The van der Waals surface area contributed by atoms with Gasteiger partial charge >= 0.3 is 6.36 Å². The molecule has 0 saturated carbocycles. The number of hydrogen-bond acceptors (Lipinski definition) is 3. The van der Waals surface area contributed by atoms with Gasteiger partial charge in [-0.25, -0.2) is 4.39 Å². The molecule has 0 aliphatic rings. The first-order chi connectivity index (χ1) is 9.60. The van der Waals surface area contributed by atoms with Crippen LogP contribution in [0, 0.1) is 11.7 Å². The van der Waals surface area contributed by atoms with Crippen molar-refractivity contribution in [3.63, 3.8) is 0 Å². The Morgan fingerprint density at radius 1 is 1.24 bits per heavy atom. The molecule has 0 saturated heterocycles. The highest BCUT2D eigenvalue weighted by molar-refractivity contribution is 5.32. The zero-order valence-corrected chi connectivity index (χ0v) is 11.8. The van der Waals surface area contributed by atoms with Crippen LogP contribution in [0.1, 0.15) is 38.3 Å². The van der Waals surface area contributed by atoms with Gasteiger partial charge < -0.3 is 15.6 Å². The molecular weight excluding hydrogens is 290 g/mol. The van der Waals surface area contributed by atoms with E-state index in [4.69, 9.17) is 5.73 Å². The molecule has 0 fully saturated rings. The monoisotopic (exact) mass is 309 g/mol. The van der Waals surface area contributed by atoms with Crippen molar-refractivity contribution in [2.24, 2.45) is 11.7 Å². The highest BCUT2D eigenvalue weighted by atomic mass is 19.4. The third-order valence-electron chi connectivity index (χ3n) is 3.01. The van der Waals surface area contributed by atoms with E-state index in [0.717, 1.165) is 18.2 Å². The van der Waals surface area contributed by atoms with Crippen molar-refractivity contribution < 1.29 is 27.4 Å². The van der Waals surface area contributed by atoms with Crippen molar-refractivity contribution >= 4 is 0 Å². The maximum Gasteiger partial charge on any atom is 0.573 e. The number of hydrogen-bond donors (Lipinski definition) is 2. The fraction of sp³-hybridized carbons (Fsp3) is 0.571. The molecule has 0 aliphatic heterocycles. The smallest absolute Gasteiger partial charge is 0.406 e. The second-order valence-corrected chi connectivity index (χ2v) is 5.30. The number of rotatable bonds is 6. The van der Waals surface area contributed by atoms with E-state index in [0.29, 0.717) is 18.8 Å². The van der Waals surface area contributed by atoms with Gasteiger partial charge in [0.25, 0.3) is 0 Å². The molecule has 2 atom stereocenters. The van der Waals surface area contributed by atoms with Crippen molar-refractivity contribution in [1.82, 2.24) is 0 Å². The number of aliphatic hydroxyl groups is 1. The van der Waals surface area contributed by atoms with E-state index < -0.39 is 30.1 Å². The molecule has 0 aromatic heterocycles. The lowest BCUT2D eigenvalue weighted by Crippen LogP contribution is -2.27. The van der Waals surface area contributed by atoms with Crippen LogP contribution in [0.15, 0.2) is 18.2 Å². The number of halogens is 4. The molecule has 3 nitrogen and oxygen atoms in total. The largest absolute Gasteiger partial charge is 0.573 e. The number of benzene rings is 1. The first-order valence-electron chi connectivity index (χ1n) is 6.59. The van der Waals surface area contributed by atoms with Gasteiger partial charge in [0.15, 0.2) is 0 Å². The molecule has 0 aliphatic carbocycles. The van der Waals surface area contributed by atoms with E-state index in [-0.39, 0.29) is 5.56 Å². The van der Waals surface area contributed by atoms with Gasteiger partial charge in [0.1, 0.15) is 11.6 Å². The Bertz CT molecular complexity index is 463. The van der Waals surface area contributed by atoms with Gasteiger partial charge in [0.05, 0.1) is 12.1 Å². The normalized spacial score (nSPS) is 15.1. The summed E-state index contributed by atoms with van der Waals surface area (Å²) >= 11 is 0. The van der Waals surface area contributed by atoms with Crippen molar-refractivity contribution in [2.45, 2.75) is 45.2 Å². The van der Waals surface area contributed by atoms with Gasteiger partial charge in [-0.3, -0.25) is 0 Å². The first kappa shape index (κ1) is 17.7. The third-order valence-corrected chi connectivity index (χ3v) is 3.01. The first-order valence-corrected chi connectivity index (χ1v) is 6.59. The zero-order chi connectivity index (χ0) is 16.2. The number of aliphatic hydroxyl groups excluding tert-OH is 1. The van der Waals surface area contributed by atoms with Crippen molar-refractivity contribution in [3.8, 4) is 5.75 Å². The SMILES string of the molecule is CC(C)CC[C@@H](O)[C@@H](N)c1cc(OC(F)(F)F)ccc1F. The van der Waals surface area contributed by atoms with Gasteiger partial charge in [0, 0.05) is 5.56 Å². The van der Waals surface area contributed by atoms with E-state index in [1.54, 1.807) is 0 Å². The van der Waals surface area contributed by atoms with Gasteiger partial charge in [-0.15, -0.1) is 13.2 Å². The van der Waals surface area contributed by atoms with Gasteiger partial charge in [-0.05, 0) is 37.0 Å². The Morgan fingerprint density at radius 3 is 2.38 bits per heavy atom. The third kappa shape index (κ3) is 5.89. The Hall–Kier alpha value is -1.34. The van der Waals surface area contributed by atoms with E-state index in [2.05, 4.69) is 4.74 Å². The minimum Gasteiger partial charge on any atom is -0.406 e. The molecule has 0 spiro atoms. The summed E-state index contributed by atoms with van der Waals surface area (Å²) in [5.41, 5.74) is 5.53. The fourth-order valence-corrected chi connectivity index (χ4v) is 1.87. The van der Waals surface area contributed by atoms with E-state index in [1.807, 2.05) is 13.8 Å². The summed E-state index contributed by atoms with van der Waals surface area (Å²) in [5, 5.41) is 9.91. The second kappa shape index (κ2) is 7.09. The molecule has 3 N–H and O–H groups in total. The topological polar surface area (TPSA) is 55.5 Å². The average Bonchev–Trinajstić information content (AvgIpc) is 2.35. The summed E-state index contributed by atoms with van der Waals surface area (Å²) in [7, 11) is 0. The fourth-order valence-electron chi connectivity index (χ4n) is 1.87. The van der Waals surface area contributed by atoms with E-state index >= 15 is 0 Å². The van der Waals surface area contributed by atoms with Crippen LogP contribution < -0.4 is 10.5 Å². The molecule has 0 bridgehead atoms. The molecule has 0 amide bonds. The molecule has 1 aromatic rings. The molecular formula is C14H19F4NO2. The second-order valence-electron chi connectivity index (χ2n) is 5.30. The zero-order valence-electron chi connectivity index (χ0n) is 11.8. The molecule has 21 heavy (non-hydrogen) atoms. The Morgan fingerprint density at radius 2 is 1.86 bits per heavy atom. The van der Waals surface area contributed by atoms with Gasteiger partial charge in [-0.2, -0.15) is 0 Å². The van der Waals surface area contributed by atoms with Crippen LogP contribution in [0.2, 0.25) is 0 Å². The predicted molar refractivity (Wildman–Crippen MR) is 70.1 cm³/mol. The number of ether oxygens (including phenoxy) is 1. The molecule has 120 valence electrons. The molecule has 0 heterocycles. The molecule has 0 radical (unpaired) electrons. The number of alkyl halides is 3. The summed E-state index contributed by atoms with van der Waals surface area (Å²) in [4.78, 5) is 0. The summed E-state index contributed by atoms with van der Waals surface area (Å²) < 4.78 is 53.8. The number of nitrogens with two attached hydrogens (primary N) is 1. The lowest BCUT2D eigenvalue weighted by atomic mass is 9.95. The lowest BCUT2D eigenvalue weighted by molar-refractivity contribution is -0.274. The predicted octanol–water partition coefficient (Wildman–Crippen LogP) is 3.52. The van der Waals surface area contributed by atoms with Gasteiger partial charge in [0.2, 0.25) is 0 Å². The van der Waals surface area contributed by atoms with Crippen LogP contribution >= 0.6 is 0 Å². The Balaban J connectivity index is 2.87. The molecule has 7 heteroatoms. The molecule has 1 aromatic carbocycles. The minimum atomic E-state index is -4.87. The van der Waals surface area contributed by atoms with Gasteiger partial charge in [-0.1, -0.05) is 13.8 Å². The van der Waals surface area contributed by atoms with E-state index in [1.165, 1.54) is 0 Å². The molecule has 1 rings (SSSR count). The van der Waals surface area contributed by atoms with Crippen molar-refractivity contribution in [1.29, 1.82) is 0 Å². The maximum absolute atomic E-state index is 13.7. The Kier molecular flexibility index (Phi) is 5.98. The summed E-state index contributed by atoms with van der Waals surface area (Å²) in [5.74, 6) is -1.01. The average molecular weight is 309 g/mol. The van der Waals surface area contributed by atoms with Crippen molar-refractivity contribution in [3.05, 3.63) is 29.6 Å². The van der Waals surface area contributed by atoms with Crippen LogP contribution in [0.4, 0.5) is 17.6 Å². The summed E-state index contributed by atoms with van der Waals surface area (Å²) in [6.45, 7) is 3.91. The molecule has 0 unspecified atom stereocenters. The maximum atomic E-state index is 13.7. The highest BCUT2D eigenvalue weighted by Crippen LogP contribution is 2.28. The summed E-state index contributed by atoms with van der Waals surface area (Å²) in [6.07, 6.45) is -4.89. The van der Waals surface area contributed by atoms with Crippen LogP contribution in [-0.4, -0.2) is 17.6 Å². The minimum absolute atomic E-state index is 0.201. The highest BCUT2D eigenvalue weighted by Gasteiger charge is 2.32. The van der Waals surface area contributed by atoms with E-state index in [9.17, 15) is 22.7 Å². The Labute approximate surface area is 120 Å². The van der Waals surface area contributed by atoms with Crippen LogP contribution in [0.25, 0.3) is 0 Å². The quantitative estimate of drug-likeness (QED) is 0.791. The lowest BCUT2D eigenvalue weighted by Gasteiger charge is -2.21. The van der Waals surface area contributed by atoms with Crippen LogP contribution in [0.3, 0.4) is 0 Å².